The fraction of sp³-hybridized carbons (Fsp3) is 0.526. The molecule has 4 heterocycles. The molecule has 0 spiro atoms. The molecule has 0 aromatic carbocycles. The number of ether oxygens (including phenoxy) is 2. The Morgan fingerprint density at radius 2 is 2.21 bits per heavy atom. The van der Waals surface area contributed by atoms with E-state index in [0.717, 1.165) is 60.8 Å². The highest BCUT2D eigenvalue weighted by atomic mass is 16.5. The molecule has 1 atom stereocenters. The molecule has 2 aromatic heterocycles. The quantitative estimate of drug-likeness (QED) is 0.614. The van der Waals surface area contributed by atoms with Crippen LogP contribution in [-0.2, 0) is 17.7 Å². The standard InChI is InChI=1S/C19H25N7O2/c1-11-22-15-4-6-26(8-14(15)19(25-11)27-3)18(21-10-20)17-16(23-12(2)24-17)13-5-7-28-9-13/h10,13,20H,4-9H2,1-3H3,(H,23,24)/t13-/m1/s1. The first-order valence-corrected chi connectivity index (χ1v) is 9.47. The maximum absolute atomic E-state index is 7.59. The van der Waals surface area contributed by atoms with Crippen LogP contribution in [0.25, 0.3) is 0 Å². The molecule has 0 amide bonds. The Labute approximate surface area is 163 Å². The fourth-order valence-electron chi connectivity index (χ4n) is 3.94. The lowest BCUT2D eigenvalue weighted by Gasteiger charge is -2.31. The van der Waals surface area contributed by atoms with Gasteiger partial charge in [-0.25, -0.2) is 15.0 Å². The Kier molecular flexibility index (Phi) is 5.08. The van der Waals surface area contributed by atoms with Gasteiger partial charge in [-0.2, -0.15) is 4.98 Å². The van der Waals surface area contributed by atoms with E-state index < -0.39 is 0 Å². The van der Waals surface area contributed by atoms with Gasteiger partial charge in [0.1, 0.15) is 23.7 Å². The Hall–Kier alpha value is -2.81. The lowest BCUT2D eigenvalue weighted by molar-refractivity contribution is 0.193. The number of aliphatic imine (C=N–C) groups is 1. The molecular formula is C19H25N7O2. The van der Waals surface area contributed by atoms with Gasteiger partial charge in [0.2, 0.25) is 5.88 Å². The van der Waals surface area contributed by atoms with Crippen LogP contribution in [0.1, 0.15) is 46.6 Å². The molecule has 1 saturated heterocycles. The Morgan fingerprint density at radius 3 is 2.93 bits per heavy atom. The molecule has 0 unspecified atom stereocenters. The van der Waals surface area contributed by atoms with Gasteiger partial charge in [-0.1, -0.05) is 0 Å². The summed E-state index contributed by atoms with van der Waals surface area (Å²) in [6.07, 6.45) is 2.79. The molecule has 2 aliphatic heterocycles. The number of amidine groups is 1. The lowest BCUT2D eigenvalue weighted by atomic mass is 10.0. The monoisotopic (exact) mass is 383 g/mol. The van der Waals surface area contributed by atoms with Gasteiger partial charge in [-0.3, -0.25) is 5.41 Å². The average Bonchev–Trinajstić information content (AvgIpc) is 3.34. The van der Waals surface area contributed by atoms with E-state index in [4.69, 9.17) is 19.9 Å². The first-order valence-electron chi connectivity index (χ1n) is 9.47. The lowest BCUT2D eigenvalue weighted by Crippen LogP contribution is -2.38. The second-order valence-corrected chi connectivity index (χ2v) is 7.10. The van der Waals surface area contributed by atoms with E-state index in [-0.39, 0.29) is 5.92 Å². The number of fused-ring (bicyclic) bond motifs is 1. The molecule has 4 rings (SSSR count). The van der Waals surface area contributed by atoms with Crippen molar-refractivity contribution in [3.05, 3.63) is 34.3 Å². The van der Waals surface area contributed by atoms with Crippen molar-refractivity contribution in [1.82, 2.24) is 24.8 Å². The van der Waals surface area contributed by atoms with Crippen LogP contribution in [0.4, 0.5) is 0 Å². The molecule has 9 heteroatoms. The van der Waals surface area contributed by atoms with Crippen molar-refractivity contribution in [1.29, 1.82) is 5.41 Å². The molecule has 2 N–H and O–H groups in total. The minimum absolute atomic E-state index is 0.268. The summed E-state index contributed by atoms with van der Waals surface area (Å²) < 4.78 is 11.1. The van der Waals surface area contributed by atoms with E-state index in [1.54, 1.807) is 7.11 Å². The summed E-state index contributed by atoms with van der Waals surface area (Å²) >= 11 is 0. The minimum Gasteiger partial charge on any atom is -0.481 e. The zero-order valence-corrected chi connectivity index (χ0v) is 16.4. The van der Waals surface area contributed by atoms with Crippen molar-refractivity contribution in [2.24, 2.45) is 4.99 Å². The van der Waals surface area contributed by atoms with Crippen molar-refractivity contribution in [3.63, 3.8) is 0 Å². The third kappa shape index (κ3) is 3.37. The topological polar surface area (TPSA) is 112 Å². The molecule has 1 fully saturated rings. The number of nitrogens with zero attached hydrogens (tertiary/aromatic N) is 5. The van der Waals surface area contributed by atoms with Crippen LogP contribution >= 0.6 is 0 Å². The number of rotatable bonds is 4. The summed E-state index contributed by atoms with van der Waals surface area (Å²) in [5, 5.41) is 7.59. The third-order valence-corrected chi connectivity index (χ3v) is 5.21. The summed E-state index contributed by atoms with van der Waals surface area (Å²) in [6, 6.07) is 0. The predicted molar refractivity (Wildman–Crippen MR) is 104 cm³/mol. The van der Waals surface area contributed by atoms with Crippen molar-refractivity contribution < 1.29 is 9.47 Å². The molecule has 0 radical (unpaired) electrons. The number of methoxy groups -OCH3 is 1. The zero-order valence-electron chi connectivity index (χ0n) is 16.4. The smallest absolute Gasteiger partial charge is 0.221 e. The van der Waals surface area contributed by atoms with Gasteiger partial charge in [0.25, 0.3) is 0 Å². The normalized spacial score (nSPS) is 19.6. The van der Waals surface area contributed by atoms with Gasteiger partial charge < -0.3 is 19.4 Å². The van der Waals surface area contributed by atoms with E-state index in [9.17, 15) is 0 Å². The number of H-pyrrole nitrogens is 1. The van der Waals surface area contributed by atoms with Crippen LogP contribution in [0, 0.1) is 19.3 Å². The van der Waals surface area contributed by atoms with Crippen LogP contribution in [0.3, 0.4) is 0 Å². The summed E-state index contributed by atoms with van der Waals surface area (Å²) in [6.45, 7) is 6.56. The van der Waals surface area contributed by atoms with Crippen molar-refractivity contribution >= 4 is 12.2 Å². The second kappa shape index (κ2) is 7.67. The maximum atomic E-state index is 7.59. The average molecular weight is 383 g/mol. The summed E-state index contributed by atoms with van der Waals surface area (Å²) in [5.41, 5.74) is 3.81. The number of hydrogen-bond acceptors (Lipinski definition) is 6. The summed E-state index contributed by atoms with van der Waals surface area (Å²) in [4.78, 5) is 23.6. The van der Waals surface area contributed by atoms with Gasteiger partial charge in [-0.15, -0.1) is 0 Å². The second-order valence-electron chi connectivity index (χ2n) is 7.10. The van der Waals surface area contributed by atoms with Crippen molar-refractivity contribution in [3.8, 4) is 5.88 Å². The van der Waals surface area contributed by atoms with E-state index in [0.29, 0.717) is 30.7 Å². The molecule has 2 aliphatic rings. The van der Waals surface area contributed by atoms with Crippen molar-refractivity contribution in [2.75, 3.05) is 26.9 Å². The zero-order chi connectivity index (χ0) is 19.7. The Morgan fingerprint density at radius 1 is 1.36 bits per heavy atom. The van der Waals surface area contributed by atoms with Gasteiger partial charge in [-0.05, 0) is 20.3 Å². The van der Waals surface area contributed by atoms with Gasteiger partial charge >= 0.3 is 0 Å². The highest BCUT2D eigenvalue weighted by Gasteiger charge is 2.31. The van der Waals surface area contributed by atoms with Crippen LogP contribution < -0.4 is 4.74 Å². The molecule has 0 bridgehead atoms. The van der Waals surface area contributed by atoms with Crippen molar-refractivity contribution in [2.45, 2.75) is 39.2 Å². The maximum Gasteiger partial charge on any atom is 0.221 e. The number of aryl methyl sites for hydroxylation is 2. The van der Waals surface area contributed by atoms with E-state index in [1.807, 2.05) is 13.8 Å². The molecule has 0 aliphatic carbocycles. The van der Waals surface area contributed by atoms with Gasteiger partial charge in [0, 0.05) is 25.5 Å². The van der Waals surface area contributed by atoms with Crippen LogP contribution in [-0.4, -0.2) is 63.9 Å². The van der Waals surface area contributed by atoms with Crippen LogP contribution in [0.15, 0.2) is 4.99 Å². The number of imidazole rings is 1. The molecule has 2 aromatic rings. The number of aromatic nitrogens is 4. The van der Waals surface area contributed by atoms with E-state index in [2.05, 4.69) is 24.8 Å². The number of hydrogen-bond donors (Lipinski definition) is 2. The fourth-order valence-corrected chi connectivity index (χ4v) is 3.94. The molecule has 148 valence electrons. The predicted octanol–water partition coefficient (Wildman–Crippen LogP) is 1.74. The molecule has 9 nitrogen and oxygen atoms in total. The third-order valence-electron chi connectivity index (χ3n) is 5.21. The van der Waals surface area contributed by atoms with Crippen LogP contribution in [0.5, 0.6) is 5.88 Å². The minimum atomic E-state index is 0.268. The SMILES string of the molecule is COc1nc(C)nc2c1CN(C(=NC=N)c1nc(C)[nH]c1[C@@H]1CCOC1)CC2. The van der Waals surface area contributed by atoms with Gasteiger partial charge in [0.15, 0.2) is 5.84 Å². The molecular weight excluding hydrogens is 358 g/mol. The van der Waals surface area contributed by atoms with Gasteiger partial charge in [0.05, 0.1) is 37.2 Å². The highest BCUT2D eigenvalue weighted by molar-refractivity contribution is 6.02. The van der Waals surface area contributed by atoms with Crippen LogP contribution in [0.2, 0.25) is 0 Å². The summed E-state index contributed by atoms with van der Waals surface area (Å²) in [7, 11) is 1.63. The molecule has 28 heavy (non-hydrogen) atoms. The highest BCUT2D eigenvalue weighted by Crippen LogP contribution is 2.30. The number of aromatic amines is 1. The van der Waals surface area contributed by atoms with E-state index >= 15 is 0 Å². The Bertz CT molecular complexity index is 898. The first kappa shape index (κ1) is 18.5. The van der Waals surface area contributed by atoms with E-state index in [1.165, 1.54) is 0 Å². The summed E-state index contributed by atoms with van der Waals surface area (Å²) in [5.74, 6) is 3.11. The first-order chi connectivity index (χ1) is 13.6. The largest absolute Gasteiger partial charge is 0.481 e. The molecule has 0 saturated carbocycles. The number of nitrogens with one attached hydrogen (secondary N) is 2. The Balaban J connectivity index is 1.71.